The van der Waals surface area contributed by atoms with E-state index in [-0.39, 0.29) is 0 Å². The smallest absolute Gasteiger partial charge is 0.0368 e. The molecule has 18 heavy (non-hydrogen) atoms. The largest absolute Gasteiger partial charge is 0.369 e. The molecule has 102 valence electrons. The molecule has 0 saturated heterocycles. The molecule has 0 aliphatic rings. The Hall–Kier alpha value is -1.02. The zero-order chi connectivity index (χ0) is 13.5. The van der Waals surface area contributed by atoms with Crippen molar-refractivity contribution in [2.45, 2.75) is 59.7 Å². The third-order valence-electron chi connectivity index (χ3n) is 3.07. The highest BCUT2D eigenvalue weighted by Gasteiger charge is 2.08. The van der Waals surface area contributed by atoms with Crippen LogP contribution in [0.2, 0.25) is 0 Å². The van der Waals surface area contributed by atoms with Gasteiger partial charge in [-0.05, 0) is 38.0 Å². The Labute approximate surface area is 112 Å². The van der Waals surface area contributed by atoms with Crippen molar-refractivity contribution in [3.05, 3.63) is 29.8 Å². The SMILES string of the molecule is CCCN(c1ccc(CNC(C)C)cc1)C(C)C. The first-order valence-electron chi connectivity index (χ1n) is 7.13. The van der Waals surface area contributed by atoms with Crippen molar-refractivity contribution >= 4 is 5.69 Å². The van der Waals surface area contributed by atoms with E-state index in [4.69, 9.17) is 0 Å². The number of nitrogens with zero attached hydrogens (tertiary/aromatic N) is 1. The Balaban J connectivity index is 2.68. The summed E-state index contributed by atoms with van der Waals surface area (Å²) in [7, 11) is 0. The van der Waals surface area contributed by atoms with Crippen LogP contribution in [-0.2, 0) is 6.54 Å². The average Bonchev–Trinajstić information content (AvgIpc) is 2.34. The van der Waals surface area contributed by atoms with Crippen LogP contribution < -0.4 is 10.2 Å². The molecule has 1 aromatic carbocycles. The van der Waals surface area contributed by atoms with E-state index in [1.807, 2.05) is 0 Å². The number of nitrogens with one attached hydrogen (secondary N) is 1. The predicted molar refractivity (Wildman–Crippen MR) is 81.2 cm³/mol. The third kappa shape index (κ3) is 4.69. The highest BCUT2D eigenvalue weighted by Crippen LogP contribution is 2.18. The van der Waals surface area contributed by atoms with E-state index in [1.54, 1.807) is 0 Å². The molecular weight excluding hydrogens is 220 g/mol. The molecule has 1 rings (SSSR count). The van der Waals surface area contributed by atoms with Crippen LogP contribution in [0.1, 0.15) is 46.6 Å². The quantitative estimate of drug-likeness (QED) is 0.789. The monoisotopic (exact) mass is 248 g/mol. The Kier molecular flexibility index (Phi) is 6.20. The molecule has 0 spiro atoms. The standard InChI is InChI=1S/C16H28N2/c1-6-11-18(14(4)5)16-9-7-15(8-10-16)12-17-13(2)3/h7-10,13-14,17H,6,11-12H2,1-5H3. The Bertz CT molecular complexity index is 327. The van der Waals surface area contributed by atoms with Crippen LogP contribution in [0.5, 0.6) is 0 Å². The summed E-state index contributed by atoms with van der Waals surface area (Å²) >= 11 is 0. The lowest BCUT2D eigenvalue weighted by Gasteiger charge is -2.28. The van der Waals surface area contributed by atoms with E-state index >= 15 is 0 Å². The molecule has 0 aliphatic carbocycles. The lowest BCUT2D eigenvalue weighted by Crippen LogP contribution is -2.31. The summed E-state index contributed by atoms with van der Waals surface area (Å²) in [6.07, 6.45) is 1.19. The van der Waals surface area contributed by atoms with Crippen molar-refractivity contribution in [2.24, 2.45) is 0 Å². The van der Waals surface area contributed by atoms with E-state index in [2.05, 4.69) is 69.1 Å². The molecule has 2 nitrogen and oxygen atoms in total. The van der Waals surface area contributed by atoms with Crippen molar-refractivity contribution in [3.63, 3.8) is 0 Å². The van der Waals surface area contributed by atoms with Crippen molar-refractivity contribution in [1.29, 1.82) is 0 Å². The summed E-state index contributed by atoms with van der Waals surface area (Å²) in [6, 6.07) is 10.0. The fourth-order valence-electron chi connectivity index (χ4n) is 2.05. The number of anilines is 1. The molecule has 1 N–H and O–H groups in total. The Morgan fingerprint density at radius 2 is 1.67 bits per heavy atom. The van der Waals surface area contributed by atoms with Gasteiger partial charge in [-0.15, -0.1) is 0 Å². The molecule has 0 aromatic heterocycles. The first kappa shape index (κ1) is 15.0. The molecule has 0 unspecified atom stereocenters. The van der Waals surface area contributed by atoms with Crippen molar-refractivity contribution in [2.75, 3.05) is 11.4 Å². The highest BCUT2D eigenvalue weighted by atomic mass is 15.1. The Morgan fingerprint density at radius 1 is 1.06 bits per heavy atom. The molecule has 0 atom stereocenters. The van der Waals surface area contributed by atoms with Crippen molar-refractivity contribution in [1.82, 2.24) is 5.32 Å². The second kappa shape index (κ2) is 7.42. The van der Waals surface area contributed by atoms with Gasteiger partial charge in [-0.3, -0.25) is 0 Å². The van der Waals surface area contributed by atoms with E-state index in [9.17, 15) is 0 Å². The van der Waals surface area contributed by atoms with E-state index in [0.29, 0.717) is 12.1 Å². The van der Waals surface area contributed by atoms with Gasteiger partial charge in [0.05, 0.1) is 0 Å². The van der Waals surface area contributed by atoms with Crippen molar-refractivity contribution < 1.29 is 0 Å². The maximum absolute atomic E-state index is 3.44. The maximum atomic E-state index is 3.44. The van der Waals surface area contributed by atoms with Gasteiger partial charge < -0.3 is 10.2 Å². The lowest BCUT2D eigenvalue weighted by atomic mass is 10.1. The predicted octanol–water partition coefficient (Wildman–Crippen LogP) is 3.81. The first-order chi connectivity index (χ1) is 8.54. The van der Waals surface area contributed by atoms with Gasteiger partial charge in [0, 0.05) is 30.9 Å². The normalized spacial score (nSPS) is 11.3. The van der Waals surface area contributed by atoms with Gasteiger partial charge in [-0.25, -0.2) is 0 Å². The minimum absolute atomic E-state index is 0.539. The maximum Gasteiger partial charge on any atom is 0.0368 e. The minimum Gasteiger partial charge on any atom is -0.369 e. The molecule has 0 amide bonds. The van der Waals surface area contributed by atoms with Gasteiger partial charge in [-0.2, -0.15) is 0 Å². The van der Waals surface area contributed by atoms with Crippen LogP contribution in [0.4, 0.5) is 5.69 Å². The fraction of sp³-hybridized carbons (Fsp3) is 0.625. The van der Waals surface area contributed by atoms with Gasteiger partial charge in [0.2, 0.25) is 0 Å². The first-order valence-corrected chi connectivity index (χ1v) is 7.13. The zero-order valence-electron chi connectivity index (χ0n) is 12.5. The number of benzene rings is 1. The average molecular weight is 248 g/mol. The second-order valence-electron chi connectivity index (χ2n) is 5.49. The fourth-order valence-corrected chi connectivity index (χ4v) is 2.05. The van der Waals surface area contributed by atoms with Crippen LogP contribution in [0, 0.1) is 0 Å². The minimum atomic E-state index is 0.539. The van der Waals surface area contributed by atoms with Gasteiger partial charge >= 0.3 is 0 Å². The molecule has 2 heteroatoms. The van der Waals surface area contributed by atoms with Gasteiger partial charge in [0.25, 0.3) is 0 Å². The van der Waals surface area contributed by atoms with Crippen LogP contribution in [-0.4, -0.2) is 18.6 Å². The molecule has 0 heterocycles. The number of hydrogen-bond donors (Lipinski definition) is 1. The van der Waals surface area contributed by atoms with E-state index < -0.39 is 0 Å². The molecule has 0 bridgehead atoms. The van der Waals surface area contributed by atoms with Crippen LogP contribution >= 0.6 is 0 Å². The third-order valence-corrected chi connectivity index (χ3v) is 3.07. The van der Waals surface area contributed by atoms with Crippen molar-refractivity contribution in [3.8, 4) is 0 Å². The summed E-state index contributed by atoms with van der Waals surface area (Å²) in [5.41, 5.74) is 2.69. The van der Waals surface area contributed by atoms with Crippen LogP contribution in [0.3, 0.4) is 0 Å². The summed E-state index contributed by atoms with van der Waals surface area (Å²) in [5, 5.41) is 3.44. The second-order valence-corrected chi connectivity index (χ2v) is 5.49. The summed E-state index contributed by atoms with van der Waals surface area (Å²) in [4.78, 5) is 2.46. The summed E-state index contributed by atoms with van der Waals surface area (Å²) in [6.45, 7) is 13.2. The van der Waals surface area contributed by atoms with E-state index in [1.165, 1.54) is 17.7 Å². The molecule has 0 radical (unpaired) electrons. The van der Waals surface area contributed by atoms with Crippen LogP contribution in [0.15, 0.2) is 24.3 Å². The summed E-state index contributed by atoms with van der Waals surface area (Å²) in [5.74, 6) is 0. The highest BCUT2D eigenvalue weighted by molar-refractivity contribution is 5.48. The number of hydrogen-bond acceptors (Lipinski definition) is 2. The molecule has 0 fully saturated rings. The molecule has 1 aromatic rings. The Morgan fingerprint density at radius 3 is 2.11 bits per heavy atom. The van der Waals surface area contributed by atoms with Gasteiger partial charge in [-0.1, -0.05) is 32.9 Å². The lowest BCUT2D eigenvalue weighted by molar-refractivity contribution is 0.588. The molecule has 0 saturated carbocycles. The van der Waals surface area contributed by atoms with E-state index in [0.717, 1.165) is 13.1 Å². The van der Waals surface area contributed by atoms with Gasteiger partial charge in [0.15, 0.2) is 0 Å². The van der Waals surface area contributed by atoms with Crippen LogP contribution in [0.25, 0.3) is 0 Å². The molecule has 0 aliphatic heterocycles. The zero-order valence-corrected chi connectivity index (χ0v) is 12.5. The topological polar surface area (TPSA) is 15.3 Å². The van der Waals surface area contributed by atoms with Gasteiger partial charge in [0.1, 0.15) is 0 Å². The summed E-state index contributed by atoms with van der Waals surface area (Å²) < 4.78 is 0. The molecular formula is C16H28N2. The number of rotatable bonds is 7.